The van der Waals surface area contributed by atoms with Crippen LogP contribution in [-0.2, 0) is 30.5 Å². The minimum absolute atomic E-state index is 0.0536. The first-order chi connectivity index (χ1) is 27.1. The second-order valence-electron chi connectivity index (χ2n) is 13.4. The molecule has 0 saturated carbocycles. The fourth-order valence-corrected chi connectivity index (χ4v) is 6.46. The Morgan fingerprint density at radius 2 is 1.84 bits per heavy atom. The molecule has 2 fully saturated rings. The van der Waals surface area contributed by atoms with E-state index >= 15 is 0 Å². The van der Waals surface area contributed by atoms with Crippen LogP contribution in [0, 0.1) is 22.6 Å². The maximum atomic E-state index is 13.6. The fraction of sp³-hybridized carbons (Fsp3) is 0.514. The molecule has 306 valence electrons. The lowest BCUT2D eigenvalue weighted by Crippen LogP contribution is -2.54. The zero-order chi connectivity index (χ0) is 42.0. The molecule has 0 radical (unpaired) electrons. The molecule has 0 aliphatic carbocycles. The van der Waals surface area contributed by atoms with Crippen molar-refractivity contribution < 1.29 is 53.6 Å². The molecule has 57 heavy (non-hydrogen) atoms. The summed E-state index contributed by atoms with van der Waals surface area (Å²) in [5.74, 6) is 0.469. The average molecular weight is 814 g/mol. The lowest BCUT2D eigenvalue weighted by atomic mass is 9.92. The number of hydrogen-bond acceptors (Lipinski definition) is 16. The fourth-order valence-electron chi connectivity index (χ4n) is 6.31. The van der Waals surface area contributed by atoms with Gasteiger partial charge in [-0.25, -0.2) is 21.3 Å². The third-order valence-electron chi connectivity index (χ3n) is 9.67. The van der Waals surface area contributed by atoms with Gasteiger partial charge in [0.1, 0.15) is 37.1 Å². The van der Waals surface area contributed by atoms with E-state index in [0.29, 0.717) is 42.0 Å². The van der Waals surface area contributed by atoms with Crippen LogP contribution in [0.4, 0.5) is 16.3 Å². The van der Waals surface area contributed by atoms with E-state index < -0.39 is 35.2 Å². The first kappa shape index (κ1) is 43.9. The van der Waals surface area contributed by atoms with Crippen molar-refractivity contribution in [3.8, 4) is 5.75 Å². The number of aromatic nitrogens is 3. The lowest BCUT2D eigenvalue weighted by Gasteiger charge is -2.41. The van der Waals surface area contributed by atoms with Gasteiger partial charge in [-0.05, 0) is 42.3 Å². The molecule has 3 N–H and O–H groups in total. The highest BCUT2D eigenvalue weighted by atomic mass is 32.1. The minimum Gasteiger partial charge on any atom is -0.466 e. The van der Waals surface area contributed by atoms with Gasteiger partial charge in [0.15, 0.2) is 11.4 Å². The molecule has 2 amide bonds. The number of thiocarbonyl (C=S) groups is 1. The van der Waals surface area contributed by atoms with E-state index in [4.69, 9.17) is 42.6 Å². The number of aliphatic hydroxyl groups excluding tert-OH is 3. The van der Waals surface area contributed by atoms with Gasteiger partial charge < -0.3 is 54.0 Å². The third kappa shape index (κ3) is 10.5. The quantitative estimate of drug-likeness (QED) is 0.103. The topological polar surface area (TPSA) is 248 Å². The first-order valence-corrected chi connectivity index (χ1v) is 17.9. The number of carbonyl (C=O) groups excluding carboxylic acids is 4. The number of carbonyl (C=O) groups is 2. The molecule has 6 atom stereocenters. The van der Waals surface area contributed by atoms with Crippen molar-refractivity contribution in [2.45, 2.75) is 50.6 Å². The number of nitro benzene ring substituents is 1. The number of piperidine rings is 1. The average Bonchev–Trinajstić information content (AvgIpc) is 3.63. The molecule has 22 heteroatoms. The summed E-state index contributed by atoms with van der Waals surface area (Å²) in [6.45, 7) is 10.2. The Hall–Kier alpha value is -5.82. The van der Waals surface area contributed by atoms with Crippen LogP contribution in [-0.4, -0.2) is 164 Å². The molecule has 1 aromatic carbocycles. The van der Waals surface area contributed by atoms with Crippen LogP contribution in [0.15, 0.2) is 36.8 Å². The monoisotopic (exact) mass is 813 g/mol. The molecule has 0 bridgehead atoms. The summed E-state index contributed by atoms with van der Waals surface area (Å²) >= 11 is 5.42. The summed E-state index contributed by atoms with van der Waals surface area (Å²) in [6, 6.07) is 5.43. The summed E-state index contributed by atoms with van der Waals surface area (Å²) < 4.78 is 17.8. The van der Waals surface area contributed by atoms with Gasteiger partial charge in [-0.3, -0.25) is 19.5 Å². The highest BCUT2D eigenvalue weighted by Crippen LogP contribution is 2.32. The summed E-state index contributed by atoms with van der Waals surface area (Å²) in [5, 5.41) is 42.2. The van der Waals surface area contributed by atoms with Crippen molar-refractivity contribution >= 4 is 58.0 Å². The van der Waals surface area contributed by atoms with Crippen LogP contribution in [0.1, 0.15) is 18.9 Å². The number of aliphatic hydroxyl groups is 3. The highest BCUT2D eigenvalue weighted by Gasteiger charge is 2.40. The predicted octanol–water partition coefficient (Wildman–Crippen LogP) is 0.500. The molecule has 0 spiro atoms. The zero-order valence-electron chi connectivity index (χ0n) is 31.5. The number of hydrogen-bond donors (Lipinski definition) is 3. The van der Waals surface area contributed by atoms with Crippen LogP contribution in [0.3, 0.4) is 0 Å². The Bertz CT molecular complexity index is 2000. The number of anilines is 1. The number of nitro groups is 1. The van der Waals surface area contributed by atoms with Crippen LogP contribution in [0.5, 0.6) is 5.75 Å². The van der Waals surface area contributed by atoms with E-state index in [-0.39, 0.29) is 67.3 Å². The van der Waals surface area contributed by atoms with Crippen molar-refractivity contribution in [1.82, 2.24) is 29.2 Å². The predicted molar refractivity (Wildman–Crippen MR) is 201 cm³/mol. The Labute approximate surface area is 331 Å². The number of likely N-dealkylation sites (tertiary alicyclic amines) is 1. The third-order valence-corrected chi connectivity index (χ3v) is 10.1. The molecular formula is C35H43N9O12S. The van der Waals surface area contributed by atoms with E-state index in [0.717, 1.165) is 6.42 Å². The number of rotatable bonds is 11. The zero-order valence-corrected chi connectivity index (χ0v) is 32.4. The van der Waals surface area contributed by atoms with Crippen LogP contribution in [0.25, 0.3) is 15.9 Å². The molecule has 21 nitrogen and oxygen atoms in total. The number of amides is 2. The number of ether oxygens (including phenoxy) is 3. The van der Waals surface area contributed by atoms with E-state index in [1.165, 1.54) is 34.0 Å². The van der Waals surface area contributed by atoms with Gasteiger partial charge in [-0.15, -0.1) is 0 Å². The van der Waals surface area contributed by atoms with Crippen LogP contribution >= 0.6 is 12.2 Å². The summed E-state index contributed by atoms with van der Waals surface area (Å²) in [6.07, 6.45) is -1.86. The minimum atomic E-state index is -1.63. The number of likely N-dealkylation sites (N-methyl/N-ethyl adjacent to an activating group) is 3. The maximum Gasteiger partial charge on any atom is 0.373 e. The molecular weight excluding hydrogens is 771 g/mol. The van der Waals surface area contributed by atoms with Gasteiger partial charge in [0, 0.05) is 59.6 Å². The Morgan fingerprint density at radius 3 is 2.53 bits per heavy atom. The molecule has 3 aromatic rings. The van der Waals surface area contributed by atoms with E-state index in [2.05, 4.69) is 21.7 Å². The van der Waals surface area contributed by atoms with Gasteiger partial charge in [0.05, 0.1) is 23.0 Å². The van der Waals surface area contributed by atoms with Crippen LogP contribution in [0.2, 0.25) is 0 Å². The van der Waals surface area contributed by atoms with E-state index in [9.17, 15) is 35.0 Å². The van der Waals surface area contributed by atoms with Crippen molar-refractivity contribution in [3.05, 3.63) is 63.9 Å². The van der Waals surface area contributed by atoms with Crippen molar-refractivity contribution in [3.63, 3.8) is 0 Å². The van der Waals surface area contributed by atoms with E-state index in [1.54, 1.807) is 36.2 Å². The Morgan fingerprint density at radius 1 is 1.14 bits per heavy atom. The number of benzene rings is 1. The first-order valence-electron chi connectivity index (χ1n) is 17.5. The molecule has 2 aliphatic heterocycles. The smallest absolute Gasteiger partial charge is 0.373 e. The standard InChI is InChI=1S/C34H43N9O10S.CO2/c1-20-8-10-41(27(45)15-35-2)16-24(20)40(5)30-22-9-11-42(31(22)37-19-36-30)33(48)38(3)12-13-39(4)34(54)52-17-21-6-7-26(23(14-21)43(49)50)53-32-29(47)28(46)25(44)18-51-32;2-1-3/h6-7,9,11,14,19-20,24-25,28-29,32,44,46-47H,8,10,12-13,15-18H2,1,3-5H3;/t20-,24+,25-,28+,29-,32+;/m1./s1. The molecule has 2 saturated heterocycles. The lowest BCUT2D eigenvalue weighted by molar-refractivity contribution is -0.386. The SMILES string of the molecule is O=C=O.[C-]#[N+]CC(=O)N1CC[C@@H](C)[C@@H](N(C)c2ncnc3c2ccn3C(=O)N(C)CCN(C)C(=S)OCc2ccc(O[C@@H]3OC[C@@H](O)[C@H](O)[C@H]3O)c([N+](=O)[O-])c2)C1. The van der Waals surface area contributed by atoms with E-state index in [1.807, 2.05) is 11.9 Å². The van der Waals surface area contributed by atoms with Crippen molar-refractivity contribution in [2.24, 2.45) is 5.92 Å². The van der Waals surface area contributed by atoms with Crippen LogP contribution < -0.4 is 9.64 Å². The maximum absolute atomic E-state index is 13.6. The summed E-state index contributed by atoms with van der Waals surface area (Å²) in [5.41, 5.74) is 0.380. The second-order valence-corrected chi connectivity index (χ2v) is 13.8. The molecule has 5 rings (SSSR count). The van der Waals surface area contributed by atoms with Gasteiger partial charge >= 0.3 is 23.8 Å². The Kier molecular flexibility index (Phi) is 15.3. The van der Waals surface area contributed by atoms with Gasteiger partial charge in [0.2, 0.25) is 6.29 Å². The second kappa shape index (κ2) is 19.9. The Balaban J connectivity index is 0.00000232. The molecule has 0 unspecified atom stereocenters. The molecule has 4 heterocycles. The molecule has 2 aliphatic rings. The van der Waals surface area contributed by atoms with Gasteiger partial charge in [0.25, 0.3) is 11.7 Å². The summed E-state index contributed by atoms with van der Waals surface area (Å²) in [7, 11) is 5.23. The van der Waals surface area contributed by atoms with Gasteiger partial charge in [-0.1, -0.05) is 13.0 Å². The van der Waals surface area contributed by atoms with Gasteiger partial charge in [-0.2, -0.15) is 9.59 Å². The number of nitrogens with zero attached hydrogens (tertiary/aromatic N) is 9. The number of fused-ring (bicyclic) bond motifs is 1. The largest absolute Gasteiger partial charge is 0.466 e. The van der Waals surface area contributed by atoms with Crippen molar-refractivity contribution in [1.29, 1.82) is 0 Å². The molecule has 2 aromatic heterocycles. The normalized spacial score (nSPS) is 21.5. The highest BCUT2D eigenvalue weighted by molar-refractivity contribution is 7.80. The summed E-state index contributed by atoms with van der Waals surface area (Å²) in [4.78, 5) is 72.4. The van der Waals surface area contributed by atoms with Crippen molar-refractivity contribution in [2.75, 3.05) is 65.4 Å².